The van der Waals surface area contributed by atoms with Crippen molar-refractivity contribution < 1.29 is 0 Å². The largest absolute Gasteiger partial charge is 0.382 e. The van der Waals surface area contributed by atoms with Crippen LogP contribution in [0.25, 0.3) is 0 Å². The maximum absolute atomic E-state index is 6.17. The maximum Gasteiger partial charge on any atom is 0.159 e. The predicted molar refractivity (Wildman–Crippen MR) is 83.6 cm³/mol. The van der Waals surface area contributed by atoms with E-state index in [9.17, 15) is 0 Å². The van der Waals surface area contributed by atoms with Crippen LogP contribution in [0, 0.1) is 11.8 Å². The Morgan fingerprint density at radius 1 is 1.10 bits per heavy atom. The summed E-state index contributed by atoms with van der Waals surface area (Å²) < 4.78 is 0. The fourth-order valence-electron chi connectivity index (χ4n) is 4.29. The van der Waals surface area contributed by atoms with Gasteiger partial charge in [0.05, 0.1) is 6.67 Å². The lowest BCUT2D eigenvalue weighted by Crippen LogP contribution is -2.24. The molecule has 2 bridgehead atoms. The zero-order valence-electron chi connectivity index (χ0n) is 12.0. The van der Waals surface area contributed by atoms with Gasteiger partial charge in [-0.3, -0.25) is 0 Å². The van der Waals surface area contributed by atoms with E-state index < -0.39 is 0 Å². The van der Waals surface area contributed by atoms with Crippen LogP contribution in [0.2, 0.25) is 0 Å². The van der Waals surface area contributed by atoms with Crippen LogP contribution in [0.1, 0.15) is 37.4 Å². The van der Waals surface area contributed by atoms with Gasteiger partial charge in [-0.05, 0) is 31.1 Å². The van der Waals surface area contributed by atoms with E-state index in [4.69, 9.17) is 10.7 Å². The van der Waals surface area contributed by atoms with Crippen LogP contribution in [0.4, 0.5) is 17.3 Å². The van der Waals surface area contributed by atoms with Crippen molar-refractivity contribution in [1.29, 1.82) is 0 Å². The number of aromatic nitrogens is 2. The molecule has 1 aromatic heterocycles. The summed E-state index contributed by atoms with van der Waals surface area (Å²) in [6, 6.07) is 0. The Balaban J connectivity index is 0.00000121. The lowest BCUT2D eigenvalue weighted by atomic mass is 9.88. The molecule has 3 unspecified atom stereocenters. The Labute approximate surface area is 126 Å². The number of halogens is 1. The van der Waals surface area contributed by atoms with Crippen molar-refractivity contribution in [1.82, 2.24) is 9.97 Å². The number of hydrogen-bond donors (Lipinski definition) is 1. The van der Waals surface area contributed by atoms with Crippen LogP contribution in [-0.2, 0) is 0 Å². The molecule has 6 heteroatoms. The van der Waals surface area contributed by atoms with Crippen molar-refractivity contribution in [3.63, 3.8) is 0 Å². The summed E-state index contributed by atoms with van der Waals surface area (Å²) in [4.78, 5) is 13.7. The van der Waals surface area contributed by atoms with E-state index in [2.05, 4.69) is 21.8 Å². The van der Waals surface area contributed by atoms with Gasteiger partial charge in [0.2, 0.25) is 0 Å². The summed E-state index contributed by atoms with van der Waals surface area (Å²) in [5.41, 5.74) is 7.17. The van der Waals surface area contributed by atoms with E-state index in [1.54, 1.807) is 0 Å². The monoisotopic (exact) mass is 295 g/mol. The fraction of sp³-hybridized carbons (Fsp3) is 0.714. The predicted octanol–water partition coefficient (Wildman–Crippen LogP) is 2.23. The molecule has 4 rings (SSSR count). The Morgan fingerprint density at radius 2 is 1.90 bits per heavy atom. The lowest BCUT2D eigenvalue weighted by molar-refractivity contribution is 0.406. The standard InChI is InChI=1S/C14H21N5.ClH/c1-18-7-19(2)14-11(18)12(15)16-13(17-14)10-6-8-3-4-9(10)5-8;/h8-10H,3-7H2,1-2H3,(H2,15,16,17);1H. The number of hydrogen-bond acceptors (Lipinski definition) is 5. The van der Waals surface area contributed by atoms with E-state index in [1.165, 1.54) is 25.7 Å². The minimum absolute atomic E-state index is 0. The maximum atomic E-state index is 6.17. The molecule has 3 atom stereocenters. The third-order valence-electron chi connectivity index (χ3n) is 5.15. The first-order chi connectivity index (χ1) is 9.13. The minimum Gasteiger partial charge on any atom is -0.382 e. The van der Waals surface area contributed by atoms with Crippen LogP contribution in [0.5, 0.6) is 0 Å². The van der Waals surface area contributed by atoms with E-state index in [0.29, 0.717) is 11.7 Å². The summed E-state index contributed by atoms with van der Waals surface area (Å²) in [7, 11) is 4.11. The van der Waals surface area contributed by atoms with Crippen LogP contribution < -0.4 is 15.5 Å². The topological polar surface area (TPSA) is 58.3 Å². The molecule has 2 aliphatic carbocycles. The van der Waals surface area contributed by atoms with Gasteiger partial charge in [-0.1, -0.05) is 6.42 Å². The van der Waals surface area contributed by atoms with Crippen LogP contribution in [-0.4, -0.2) is 30.7 Å². The van der Waals surface area contributed by atoms with Crippen molar-refractivity contribution in [3.05, 3.63) is 5.82 Å². The second-order valence-corrected chi connectivity index (χ2v) is 6.46. The lowest BCUT2D eigenvalue weighted by Gasteiger charge is -2.21. The highest BCUT2D eigenvalue weighted by Crippen LogP contribution is 2.52. The summed E-state index contributed by atoms with van der Waals surface area (Å²) >= 11 is 0. The molecule has 0 amide bonds. The van der Waals surface area contributed by atoms with E-state index in [1.807, 2.05) is 7.05 Å². The Bertz CT molecular complexity index is 535. The van der Waals surface area contributed by atoms with Crippen LogP contribution >= 0.6 is 12.4 Å². The highest BCUT2D eigenvalue weighted by molar-refractivity contribution is 5.85. The third-order valence-corrected chi connectivity index (χ3v) is 5.15. The van der Waals surface area contributed by atoms with Crippen molar-refractivity contribution >= 4 is 29.7 Å². The zero-order valence-corrected chi connectivity index (χ0v) is 12.9. The first kappa shape index (κ1) is 13.7. The molecule has 2 N–H and O–H groups in total. The number of fused-ring (bicyclic) bond motifs is 3. The number of nitrogen functional groups attached to an aromatic ring is 1. The summed E-state index contributed by atoms with van der Waals surface area (Å²) in [6.45, 7) is 0.842. The number of anilines is 3. The van der Waals surface area contributed by atoms with Gasteiger partial charge in [0.25, 0.3) is 0 Å². The Kier molecular flexibility index (Phi) is 3.20. The molecular formula is C14H22ClN5. The highest BCUT2D eigenvalue weighted by atomic mass is 35.5. The third kappa shape index (κ3) is 1.83. The molecule has 5 nitrogen and oxygen atoms in total. The zero-order chi connectivity index (χ0) is 13.1. The average Bonchev–Trinajstić information content (AvgIpc) is 3.05. The van der Waals surface area contributed by atoms with Gasteiger partial charge >= 0.3 is 0 Å². The molecular weight excluding hydrogens is 274 g/mol. The van der Waals surface area contributed by atoms with Gasteiger partial charge in [0, 0.05) is 20.0 Å². The summed E-state index contributed by atoms with van der Waals surface area (Å²) in [5, 5.41) is 0. The number of nitrogens with zero attached hydrogens (tertiary/aromatic N) is 4. The fourth-order valence-corrected chi connectivity index (χ4v) is 4.29. The van der Waals surface area contributed by atoms with Crippen molar-refractivity contribution in [2.75, 3.05) is 36.3 Å². The average molecular weight is 296 g/mol. The van der Waals surface area contributed by atoms with E-state index in [0.717, 1.165) is 35.8 Å². The molecule has 2 heterocycles. The Morgan fingerprint density at radius 3 is 2.55 bits per heavy atom. The second kappa shape index (κ2) is 4.65. The minimum atomic E-state index is 0. The molecule has 2 saturated carbocycles. The summed E-state index contributed by atoms with van der Waals surface area (Å²) in [5.74, 6) is 4.90. The number of nitrogens with two attached hydrogens (primary N) is 1. The first-order valence-electron chi connectivity index (χ1n) is 7.23. The van der Waals surface area contributed by atoms with Gasteiger partial charge in [-0.2, -0.15) is 0 Å². The van der Waals surface area contributed by atoms with Crippen molar-refractivity contribution in [2.45, 2.75) is 31.6 Å². The Hall–Kier alpha value is -1.23. The van der Waals surface area contributed by atoms with E-state index in [-0.39, 0.29) is 12.4 Å². The molecule has 20 heavy (non-hydrogen) atoms. The van der Waals surface area contributed by atoms with Gasteiger partial charge in [-0.15, -0.1) is 12.4 Å². The molecule has 110 valence electrons. The van der Waals surface area contributed by atoms with Crippen LogP contribution in [0.15, 0.2) is 0 Å². The highest BCUT2D eigenvalue weighted by Gasteiger charge is 2.42. The second-order valence-electron chi connectivity index (χ2n) is 6.46. The first-order valence-corrected chi connectivity index (χ1v) is 7.23. The quantitative estimate of drug-likeness (QED) is 0.861. The molecule has 2 fully saturated rings. The SMILES string of the molecule is CN1CN(C)c2c(N)nc(C3CC4CCC3C4)nc21.Cl. The van der Waals surface area contributed by atoms with Gasteiger partial charge in [-0.25, -0.2) is 9.97 Å². The van der Waals surface area contributed by atoms with Gasteiger partial charge in [0.1, 0.15) is 11.5 Å². The number of rotatable bonds is 1. The van der Waals surface area contributed by atoms with Crippen LogP contribution in [0.3, 0.4) is 0 Å². The van der Waals surface area contributed by atoms with E-state index >= 15 is 0 Å². The van der Waals surface area contributed by atoms with Gasteiger partial charge in [0.15, 0.2) is 11.6 Å². The van der Waals surface area contributed by atoms with Crippen molar-refractivity contribution in [3.8, 4) is 0 Å². The summed E-state index contributed by atoms with van der Waals surface area (Å²) in [6.07, 6.45) is 5.40. The van der Waals surface area contributed by atoms with Crippen molar-refractivity contribution in [2.24, 2.45) is 11.8 Å². The molecule has 0 saturated heterocycles. The molecule has 1 aliphatic heterocycles. The smallest absolute Gasteiger partial charge is 0.159 e. The molecule has 0 radical (unpaired) electrons. The van der Waals surface area contributed by atoms with Gasteiger partial charge < -0.3 is 15.5 Å². The molecule has 1 aromatic rings. The molecule has 0 aromatic carbocycles. The molecule has 0 spiro atoms. The normalized spacial score (nSPS) is 30.6. The molecule has 3 aliphatic rings.